The second kappa shape index (κ2) is 12.7. The Balaban J connectivity index is 1.42. The number of aryl methyl sites for hydroxylation is 4. The number of hydrogen-bond acceptors (Lipinski definition) is 10. The van der Waals surface area contributed by atoms with E-state index in [1.807, 2.05) is 39.8 Å². The average molecular weight is 696 g/mol. The molecule has 4 aromatic carbocycles. The molecule has 48 heavy (non-hydrogen) atoms. The Morgan fingerprint density at radius 2 is 1.33 bits per heavy atom. The van der Waals surface area contributed by atoms with Crippen LogP contribution in [0.3, 0.4) is 0 Å². The number of thiazole rings is 1. The highest BCUT2D eigenvalue weighted by atomic mass is 32.2. The summed E-state index contributed by atoms with van der Waals surface area (Å²) >= 11 is 8.01. The van der Waals surface area contributed by atoms with Crippen LogP contribution in [-0.4, -0.2) is 31.8 Å². The minimum Gasteiger partial charge on any atom is -0.268 e. The van der Waals surface area contributed by atoms with Gasteiger partial charge in [0.2, 0.25) is 0 Å². The Morgan fingerprint density at radius 3 is 1.85 bits per heavy atom. The molecule has 1 aromatic heterocycles. The molecule has 0 radical (unpaired) electrons. The summed E-state index contributed by atoms with van der Waals surface area (Å²) in [4.78, 5) is 57.9. The third-order valence-corrected chi connectivity index (χ3v) is 9.94. The number of non-ortho nitro benzene ring substituents is 1. The molecule has 1 aliphatic rings. The van der Waals surface area contributed by atoms with Crippen LogP contribution in [-0.2, 0) is 9.59 Å². The van der Waals surface area contributed by atoms with Crippen LogP contribution in [0, 0.1) is 47.9 Å². The molecule has 240 valence electrons. The van der Waals surface area contributed by atoms with Gasteiger partial charge in [-0.1, -0.05) is 30.0 Å². The van der Waals surface area contributed by atoms with Gasteiger partial charge in [0.25, 0.3) is 23.2 Å². The van der Waals surface area contributed by atoms with Gasteiger partial charge in [-0.3, -0.25) is 39.6 Å². The third kappa shape index (κ3) is 6.32. The number of thiocarbonyl (C=S) groups is 1. The van der Waals surface area contributed by atoms with Gasteiger partial charge in [-0.25, -0.2) is 4.98 Å². The molecule has 5 aromatic rings. The smallest absolute Gasteiger partial charge is 0.268 e. The highest BCUT2D eigenvalue weighted by molar-refractivity contribution is 8.01. The number of anilines is 2. The number of nitrogens with zero attached hydrogens (tertiary/aromatic N) is 5. The topological polar surface area (TPSA) is 140 Å². The van der Waals surface area contributed by atoms with Crippen LogP contribution in [0.1, 0.15) is 27.8 Å². The molecule has 6 rings (SSSR count). The van der Waals surface area contributed by atoms with Crippen LogP contribution in [0.2, 0.25) is 0 Å². The van der Waals surface area contributed by atoms with Gasteiger partial charge in [0.1, 0.15) is 5.57 Å². The Kier molecular flexibility index (Phi) is 8.64. The molecule has 0 bridgehead atoms. The van der Waals surface area contributed by atoms with Gasteiger partial charge in [-0.05, 0) is 110 Å². The van der Waals surface area contributed by atoms with E-state index in [0.717, 1.165) is 34.0 Å². The molecule has 11 nitrogen and oxygen atoms in total. The summed E-state index contributed by atoms with van der Waals surface area (Å²) in [7, 11) is 0. The second-order valence-corrected chi connectivity index (χ2v) is 14.0. The Morgan fingerprint density at radius 1 is 0.771 bits per heavy atom. The SMILES string of the molecule is Cc1cc(C)cc(N2C(=O)C(=Cc3ccc(Sc4nc5ccc([N+](=O)[O-])cc5s4)c([N+](=O)[O-])c3)C(=O)N(c3cc(C)cc(C)c3)C2=S)c1. The maximum atomic E-state index is 14.1. The standard InChI is InChI=1S/C34H25N5O6S3/c1-18-9-19(2)12-24(11-18)36-31(40)26(32(41)37(34(36)46)25-13-20(3)10-21(4)14-25)15-22-5-8-29(28(16-22)39(44)45)47-33-35-27-7-6-23(38(42)43)17-30(27)48-33/h5-17H,1-4H3. The number of carbonyl (C=O) groups excluding carboxylic acids is 2. The molecule has 0 N–H and O–H groups in total. The van der Waals surface area contributed by atoms with Crippen molar-refractivity contribution in [2.45, 2.75) is 36.9 Å². The van der Waals surface area contributed by atoms with Gasteiger partial charge in [0.15, 0.2) is 9.45 Å². The molecule has 0 atom stereocenters. The first kappa shape index (κ1) is 32.6. The van der Waals surface area contributed by atoms with E-state index in [-0.39, 0.29) is 32.5 Å². The van der Waals surface area contributed by atoms with E-state index in [9.17, 15) is 29.8 Å². The second-order valence-electron chi connectivity index (χ2n) is 11.3. The van der Waals surface area contributed by atoms with Crippen molar-refractivity contribution >= 4 is 91.3 Å². The number of nitro groups is 2. The molecule has 0 spiro atoms. The van der Waals surface area contributed by atoms with Gasteiger partial charge >= 0.3 is 0 Å². The minimum atomic E-state index is -0.653. The normalized spacial score (nSPS) is 13.4. The summed E-state index contributed by atoms with van der Waals surface area (Å²) in [5.41, 5.74) is 4.82. The maximum absolute atomic E-state index is 14.1. The first-order valence-corrected chi connectivity index (χ1v) is 16.5. The molecule has 0 aliphatic carbocycles. The molecule has 1 aliphatic heterocycles. The third-order valence-electron chi connectivity index (χ3n) is 7.43. The fourth-order valence-corrected chi connectivity index (χ4v) is 8.03. The highest BCUT2D eigenvalue weighted by Gasteiger charge is 2.41. The van der Waals surface area contributed by atoms with E-state index >= 15 is 0 Å². The highest BCUT2D eigenvalue weighted by Crippen LogP contribution is 2.40. The zero-order chi connectivity index (χ0) is 34.4. The minimum absolute atomic E-state index is 0.00366. The number of benzene rings is 4. The number of fused-ring (bicyclic) bond motifs is 1. The monoisotopic (exact) mass is 695 g/mol. The lowest BCUT2D eigenvalue weighted by molar-refractivity contribution is -0.387. The first-order chi connectivity index (χ1) is 22.8. The van der Waals surface area contributed by atoms with Crippen molar-refractivity contribution in [3.8, 4) is 0 Å². The number of rotatable bonds is 7. The van der Waals surface area contributed by atoms with E-state index in [0.29, 0.717) is 25.9 Å². The molecule has 2 heterocycles. The van der Waals surface area contributed by atoms with Crippen LogP contribution in [0.25, 0.3) is 16.3 Å². The van der Waals surface area contributed by atoms with Crippen molar-refractivity contribution in [2.24, 2.45) is 0 Å². The van der Waals surface area contributed by atoms with Crippen LogP contribution < -0.4 is 9.80 Å². The largest absolute Gasteiger partial charge is 0.283 e. The fourth-order valence-electron chi connectivity index (χ4n) is 5.51. The van der Waals surface area contributed by atoms with Crippen LogP contribution in [0.15, 0.2) is 87.6 Å². The van der Waals surface area contributed by atoms with Crippen LogP contribution in [0.5, 0.6) is 0 Å². The van der Waals surface area contributed by atoms with E-state index in [1.165, 1.54) is 57.5 Å². The summed E-state index contributed by atoms with van der Waals surface area (Å²) in [6, 6.07) is 19.8. The van der Waals surface area contributed by atoms with Gasteiger partial charge in [-0.2, -0.15) is 0 Å². The lowest BCUT2D eigenvalue weighted by Gasteiger charge is -2.37. The number of aromatic nitrogens is 1. The van der Waals surface area contributed by atoms with Crippen molar-refractivity contribution in [1.29, 1.82) is 0 Å². The number of amides is 2. The lowest BCUT2D eigenvalue weighted by Crippen LogP contribution is -2.57. The van der Waals surface area contributed by atoms with Crippen molar-refractivity contribution in [3.05, 3.63) is 126 Å². The first-order valence-electron chi connectivity index (χ1n) is 14.4. The van der Waals surface area contributed by atoms with Crippen LogP contribution >= 0.6 is 35.3 Å². The summed E-state index contributed by atoms with van der Waals surface area (Å²) in [5.74, 6) is -1.31. The fraction of sp³-hybridized carbons (Fsp3) is 0.118. The molecule has 0 unspecified atom stereocenters. The number of nitro benzene ring substituents is 2. The Hall–Kier alpha value is -5.31. The molecular weight excluding hydrogens is 671 g/mol. The van der Waals surface area contributed by atoms with Gasteiger partial charge in [-0.15, -0.1) is 11.3 Å². The average Bonchev–Trinajstić information content (AvgIpc) is 3.40. The zero-order valence-corrected chi connectivity index (χ0v) is 28.4. The van der Waals surface area contributed by atoms with Gasteiger partial charge < -0.3 is 0 Å². The Labute approximate surface area is 287 Å². The summed E-state index contributed by atoms with van der Waals surface area (Å²) in [5, 5.41) is 23.4. The van der Waals surface area contributed by atoms with E-state index < -0.39 is 21.7 Å². The number of hydrogen-bond donors (Lipinski definition) is 0. The van der Waals surface area contributed by atoms with Gasteiger partial charge in [0.05, 0.1) is 36.3 Å². The summed E-state index contributed by atoms with van der Waals surface area (Å²) in [6.07, 6.45) is 1.34. The number of carbonyl (C=O) groups is 2. The molecular formula is C34H25N5O6S3. The molecule has 1 fully saturated rings. The Bertz CT molecular complexity index is 2150. The van der Waals surface area contributed by atoms with Crippen molar-refractivity contribution in [2.75, 3.05) is 9.80 Å². The molecule has 14 heteroatoms. The summed E-state index contributed by atoms with van der Waals surface area (Å²) in [6.45, 7) is 7.59. The quantitative estimate of drug-likeness (QED) is 0.0541. The van der Waals surface area contributed by atoms with Crippen molar-refractivity contribution in [3.63, 3.8) is 0 Å². The lowest BCUT2D eigenvalue weighted by atomic mass is 10.0. The predicted octanol–water partition coefficient (Wildman–Crippen LogP) is 8.25. The zero-order valence-electron chi connectivity index (χ0n) is 25.9. The van der Waals surface area contributed by atoms with Crippen molar-refractivity contribution in [1.82, 2.24) is 4.98 Å². The van der Waals surface area contributed by atoms with E-state index in [1.54, 1.807) is 30.3 Å². The van der Waals surface area contributed by atoms with Crippen molar-refractivity contribution < 1.29 is 19.4 Å². The van der Waals surface area contributed by atoms with Crippen LogP contribution in [0.4, 0.5) is 22.7 Å². The predicted molar refractivity (Wildman–Crippen MR) is 191 cm³/mol. The van der Waals surface area contributed by atoms with E-state index in [4.69, 9.17) is 12.2 Å². The summed E-state index contributed by atoms with van der Waals surface area (Å²) < 4.78 is 1.03. The molecule has 1 saturated heterocycles. The van der Waals surface area contributed by atoms with Gasteiger partial charge in [0, 0.05) is 18.2 Å². The van der Waals surface area contributed by atoms with E-state index in [2.05, 4.69) is 4.98 Å². The molecule has 2 amide bonds. The molecule has 0 saturated carbocycles. The maximum Gasteiger partial charge on any atom is 0.283 e.